The Balaban J connectivity index is 4.28. The van der Waals surface area contributed by atoms with Gasteiger partial charge >= 0.3 is 17.9 Å². The molecule has 440 valence electrons. The van der Waals surface area contributed by atoms with Gasteiger partial charge in [-0.3, -0.25) is 14.4 Å². The van der Waals surface area contributed by atoms with Crippen LogP contribution in [0.25, 0.3) is 0 Å². The number of hydrogen-bond donors (Lipinski definition) is 0. The van der Waals surface area contributed by atoms with Crippen LogP contribution in [0.5, 0.6) is 0 Å². The highest BCUT2D eigenvalue weighted by molar-refractivity contribution is 5.71. The third kappa shape index (κ3) is 62.8. The summed E-state index contributed by atoms with van der Waals surface area (Å²) in [5.74, 6) is -0.920. The lowest BCUT2D eigenvalue weighted by atomic mass is 10.0. The van der Waals surface area contributed by atoms with Gasteiger partial charge in [0.25, 0.3) is 0 Å². The smallest absolute Gasteiger partial charge is 0.306 e. The Labute approximate surface area is 476 Å². The normalized spacial score (nSPS) is 12.8. The Morgan fingerprint density at radius 1 is 0.273 bits per heavy atom. The molecule has 0 bridgehead atoms. The fourth-order valence-corrected chi connectivity index (χ4v) is 8.95. The van der Waals surface area contributed by atoms with Crippen molar-refractivity contribution >= 4 is 17.9 Å². The Morgan fingerprint density at radius 3 is 0.792 bits per heavy atom. The van der Waals surface area contributed by atoms with Crippen LogP contribution in [-0.4, -0.2) is 37.2 Å². The first-order valence-electron chi connectivity index (χ1n) is 32.4. The van der Waals surface area contributed by atoms with Gasteiger partial charge in [0.05, 0.1) is 0 Å². The molecule has 77 heavy (non-hydrogen) atoms. The molecule has 0 heterocycles. The van der Waals surface area contributed by atoms with Gasteiger partial charge < -0.3 is 14.2 Å². The summed E-state index contributed by atoms with van der Waals surface area (Å²) in [7, 11) is 0. The number of esters is 3. The lowest BCUT2D eigenvalue weighted by molar-refractivity contribution is -0.167. The third-order valence-corrected chi connectivity index (χ3v) is 13.7. The maximum Gasteiger partial charge on any atom is 0.306 e. The molecule has 0 spiro atoms. The number of hydrogen-bond acceptors (Lipinski definition) is 6. The zero-order valence-electron chi connectivity index (χ0n) is 50.4. The molecule has 0 aromatic heterocycles. The summed E-state index contributed by atoms with van der Waals surface area (Å²) in [4.78, 5) is 38.3. The number of rotatable bonds is 58. The number of unbranched alkanes of at least 4 members (excludes halogenated alkanes) is 29. The lowest BCUT2D eigenvalue weighted by Gasteiger charge is -2.18. The standard InChI is InChI=1S/C71H120O6/c1-4-7-10-13-16-19-22-25-28-29-30-31-32-33-34-35-36-37-38-39-40-41-44-46-49-52-55-58-61-64-70(73)76-67-68(77-71(74)65-62-59-56-53-50-47-43-27-24-21-18-15-12-9-6-3)66-75-69(72)63-60-57-54-51-48-45-42-26-23-20-17-14-11-8-5-2/h8-9,11-12,17-18,20-22,25-27,29-30,32-33,42-43,68H,4-7,10,13-16,19,23-24,28,31,34-41,44-67H2,1-3H3/b11-8-,12-9-,20-17-,21-18-,25-22-,30-29-,33-32-,42-26-,43-27-. The van der Waals surface area contributed by atoms with Gasteiger partial charge in [-0.25, -0.2) is 0 Å². The van der Waals surface area contributed by atoms with Crippen molar-refractivity contribution in [2.24, 2.45) is 0 Å². The van der Waals surface area contributed by atoms with Crippen LogP contribution >= 0.6 is 0 Å². The minimum absolute atomic E-state index is 0.0913. The summed E-state index contributed by atoms with van der Waals surface area (Å²) >= 11 is 0. The van der Waals surface area contributed by atoms with Gasteiger partial charge in [0.2, 0.25) is 0 Å². The molecular formula is C71H120O6. The first kappa shape index (κ1) is 73.1. The average Bonchev–Trinajstić information content (AvgIpc) is 3.43. The molecule has 6 heteroatoms. The van der Waals surface area contributed by atoms with Gasteiger partial charge in [-0.15, -0.1) is 0 Å². The summed E-state index contributed by atoms with van der Waals surface area (Å²) in [6, 6.07) is 0. The predicted molar refractivity (Wildman–Crippen MR) is 334 cm³/mol. The van der Waals surface area contributed by atoms with E-state index in [4.69, 9.17) is 14.2 Å². The van der Waals surface area contributed by atoms with E-state index in [2.05, 4.69) is 130 Å². The highest BCUT2D eigenvalue weighted by Gasteiger charge is 2.19. The quantitative estimate of drug-likeness (QED) is 0.0261. The van der Waals surface area contributed by atoms with Crippen LogP contribution in [-0.2, 0) is 28.6 Å². The highest BCUT2D eigenvalue weighted by atomic mass is 16.6. The van der Waals surface area contributed by atoms with E-state index in [1.54, 1.807) is 0 Å². The van der Waals surface area contributed by atoms with Crippen molar-refractivity contribution in [2.45, 2.75) is 309 Å². The molecule has 0 aliphatic heterocycles. The minimum Gasteiger partial charge on any atom is -0.462 e. The van der Waals surface area contributed by atoms with E-state index in [-0.39, 0.29) is 31.1 Å². The number of carbonyl (C=O) groups is 3. The largest absolute Gasteiger partial charge is 0.462 e. The number of allylic oxidation sites excluding steroid dienone is 18. The Bertz CT molecular complexity index is 1560. The maximum absolute atomic E-state index is 12.9. The van der Waals surface area contributed by atoms with Crippen LogP contribution in [0.4, 0.5) is 0 Å². The van der Waals surface area contributed by atoms with Gasteiger partial charge in [0, 0.05) is 19.3 Å². The van der Waals surface area contributed by atoms with E-state index >= 15 is 0 Å². The average molecular weight is 1070 g/mol. The molecule has 1 atom stereocenters. The topological polar surface area (TPSA) is 78.9 Å². The zero-order valence-corrected chi connectivity index (χ0v) is 50.4. The van der Waals surface area contributed by atoms with Crippen LogP contribution < -0.4 is 0 Å². The monoisotopic (exact) mass is 1070 g/mol. The fraction of sp³-hybridized carbons (Fsp3) is 0.704. The van der Waals surface area contributed by atoms with Gasteiger partial charge in [0.1, 0.15) is 13.2 Å². The van der Waals surface area contributed by atoms with E-state index < -0.39 is 6.10 Å². The molecule has 0 fully saturated rings. The van der Waals surface area contributed by atoms with E-state index in [9.17, 15) is 14.4 Å². The first-order chi connectivity index (χ1) is 38.0. The van der Waals surface area contributed by atoms with E-state index in [1.165, 1.54) is 116 Å². The fourth-order valence-electron chi connectivity index (χ4n) is 8.95. The second-order valence-electron chi connectivity index (χ2n) is 21.3. The lowest BCUT2D eigenvalue weighted by Crippen LogP contribution is -2.30. The van der Waals surface area contributed by atoms with Crippen molar-refractivity contribution in [3.8, 4) is 0 Å². The molecule has 0 radical (unpaired) electrons. The number of ether oxygens (including phenoxy) is 3. The van der Waals surface area contributed by atoms with Crippen molar-refractivity contribution in [1.82, 2.24) is 0 Å². The van der Waals surface area contributed by atoms with Crippen LogP contribution in [0.2, 0.25) is 0 Å². The van der Waals surface area contributed by atoms with Gasteiger partial charge in [-0.1, -0.05) is 271 Å². The molecule has 6 nitrogen and oxygen atoms in total. The molecule has 0 N–H and O–H groups in total. The molecule has 0 aliphatic carbocycles. The summed E-state index contributed by atoms with van der Waals surface area (Å²) in [6.45, 7) is 6.39. The second-order valence-corrected chi connectivity index (χ2v) is 21.3. The number of carbonyl (C=O) groups excluding carboxylic acids is 3. The van der Waals surface area contributed by atoms with Crippen LogP contribution in [0.1, 0.15) is 303 Å². The minimum atomic E-state index is -0.797. The maximum atomic E-state index is 12.9. The second kappa shape index (κ2) is 64.6. The van der Waals surface area contributed by atoms with E-state index in [0.717, 1.165) is 148 Å². The summed E-state index contributed by atoms with van der Waals surface area (Å²) in [5.41, 5.74) is 0. The van der Waals surface area contributed by atoms with Crippen LogP contribution in [0.15, 0.2) is 109 Å². The van der Waals surface area contributed by atoms with E-state index in [0.29, 0.717) is 19.3 Å². The Morgan fingerprint density at radius 2 is 0.506 bits per heavy atom. The molecule has 0 saturated carbocycles. The molecule has 0 aromatic rings. The molecule has 0 rings (SSSR count). The van der Waals surface area contributed by atoms with Crippen molar-refractivity contribution in [1.29, 1.82) is 0 Å². The van der Waals surface area contributed by atoms with Crippen LogP contribution in [0, 0.1) is 0 Å². The molecule has 0 aromatic carbocycles. The van der Waals surface area contributed by atoms with Crippen molar-refractivity contribution in [3.05, 3.63) is 109 Å². The van der Waals surface area contributed by atoms with Gasteiger partial charge in [-0.05, 0) is 122 Å². The SMILES string of the molecule is CC/C=C\C/C=C\C/C=C\CCCCCCCC(=O)OCC(COC(=O)CCCCCCCCCCCCCCCC/C=C\C/C=C\C/C=C\CCCCCCC)OC(=O)CCCCCCC/C=C\C/C=C\C/C=C\CC. The third-order valence-electron chi connectivity index (χ3n) is 13.7. The Hall–Kier alpha value is -3.93. The summed E-state index contributed by atoms with van der Waals surface area (Å²) in [5, 5.41) is 0. The molecule has 0 saturated heterocycles. The predicted octanol–water partition coefficient (Wildman–Crippen LogP) is 22.2. The van der Waals surface area contributed by atoms with Gasteiger partial charge in [0.15, 0.2) is 6.10 Å². The van der Waals surface area contributed by atoms with Crippen LogP contribution in [0.3, 0.4) is 0 Å². The zero-order chi connectivity index (χ0) is 55.7. The molecule has 0 amide bonds. The van der Waals surface area contributed by atoms with Crippen molar-refractivity contribution in [2.75, 3.05) is 13.2 Å². The Kier molecular flexibility index (Phi) is 61.3. The first-order valence-corrected chi connectivity index (χ1v) is 32.4. The molecule has 1 unspecified atom stereocenters. The highest BCUT2D eigenvalue weighted by Crippen LogP contribution is 2.16. The molecule has 0 aliphatic rings. The summed E-state index contributed by atoms with van der Waals surface area (Å²) < 4.78 is 16.9. The van der Waals surface area contributed by atoms with Crippen molar-refractivity contribution in [3.63, 3.8) is 0 Å². The van der Waals surface area contributed by atoms with E-state index in [1.807, 2.05) is 0 Å². The van der Waals surface area contributed by atoms with Crippen molar-refractivity contribution < 1.29 is 28.6 Å². The van der Waals surface area contributed by atoms with Gasteiger partial charge in [-0.2, -0.15) is 0 Å². The summed E-state index contributed by atoms with van der Waals surface area (Å²) in [6.07, 6.45) is 88.2. The molecular weight excluding hydrogens is 949 g/mol.